The van der Waals surface area contributed by atoms with Crippen molar-refractivity contribution in [3.8, 4) is 0 Å². The monoisotopic (exact) mass is 769 g/mol. The lowest BCUT2D eigenvalue weighted by atomic mass is 9.47. The number of aliphatic hydroxyl groups is 1. The van der Waals surface area contributed by atoms with E-state index in [0.29, 0.717) is 17.3 Å². The van der Waals surface area contributed by atoms with Gasteiger partial charge in [-0.1, -0.05) is 157 Å². The molecule has 1 heterocycles. The quantitative estimate of drug-likeness (QED) is 0.111. The summed E-state index contributed by atoms with van der Waals surface area (Å²) < 4.78 is 2.10. The Balaban J connectivity index is 0.000000174. The fourth-order valence-corrected chi connectivity index (χ4v) is 12.6. The molecule has 5 heteroatoms. The van der Waals surface area contributed by atoms with Crippen molar-refractivity contribution in [3.05, 3.63) is 138 Å². The van der Waals surface area contributed by atoms with Crippen molar-refractivity contribution in [2.75, 3.05) is 0 Å². The molecule has 3 fully saturated rings. The van der Waals surface area contributed by atoms with Crippen molar-refractivity contribution in [2.45, 2.75) is 130 Å². The van der Waals surface area contributed by atoms with Gasteiger partial charge in [-0.3, -0.25) is 4.79 Å². The van der Waals surface area contributed by atoms with Gasteiger partial charge in [0.25, 0.3) is 0 Å². The molecule has 0 saturated heterocycles. The van der Waals surface area contributed by atoms with Gasteiger partial charge in [0.15, 0.2) is 0 Å². The van der Waals surface area contributed by atoms with E-state index in [4.69, 9.17) is 5.11 Å². The minimum atomic E-state index is -0.819. The van der Waals surface area contributed by atoms with Crippen LogP contribution in [0.4, 0.5) is 0 Å². The Bertz CT molecular complexity index is 1840. The number of rotatable bonds is 12. The van der Waals surface area contributed by atoms with E-state index < -0.39 is 11.5 Å². The molecule has 0 spiro atoms. The Kier molecular flexibility index (Phi) is 12.6. The molecule has 1 aromatic heterocycles. The molecule has 0 amide bonds. The largest absolute Gasteiger partial charge is 0.481 e. The van der Waals surface area contributed by atoms with E-state index in [1.165, 1.54) is 57.8 Å². The lowest BCUT2D eigenvalue weighted by molar-refractivity contribution is -0.136. The molecule has 4 aromatic rings. The van der Waals surface area contributed by atoms with E-state index in [2.05, 4.69) is 86.6 Å². The van der Waals surface area contributed by atoms with Gasteiger partial charge < -0.3 is 14.8 Å². The van der Waals surface area contributed by atoms with Crippen LogP contribution in [0, 0.1) is 46.3 Å². The van der Waals surface area contributed by atoms with Gasteiger partial charge in [0, 0.05) is 12.6 Å². The van der Waals surface area contributed by atoms with Gasteiger partial charge in [-0.25, -0.2) is 4.98 Å². The number of carboxylic acid groups (broad SMARTS) is 1. The predicted octanol–water partition coefficient (Wildman–Crippen LogP) is 12.1. The highest BCUT2D eigenvalue weighted by atomic mass is 16.4. The number of benzene rings is 3. The zero-order valence-electron chi connectivity index (χ0n) is 35.3. The summed E-state index contributed by atoms with van der Waals surface area (Å²) in [5.74, 6) is 4.64. The topological polar surface area (TPSA) is 75.3 Å². The van der Waals surface area contributed by atoms with Crippen molar-refractivity contribution in [1.29, 1.82) is 0 Å². The molecule has 3 saturated carbocycles. The van der Waals surface area contributed by atoms with Crippen LogP contribution in [0.25, 0.3) is 0 Å². The van der Waals surface area contributed by atoms with Crippen LogP contribution in [-0.2, 0) is 16.8 Å². The Morgan fingerprint density at radius 3 is 2.02 bits per heavy atom. The maximum absolute atomic E-state index is 11.0. The molecule has 4 aliphatic carbocycles. The maximum atomic E-state index is 11.0. The average Bonchev–Trinajstić information content (AvgIpc) is 3.84. The van der Waals surface area contributed by atoms with Crippen LogP contribution < -0.4 is 0 Å². The van der Waals surface area contributed by atoms with Gasteiger partial charge in [0.2, 0.25) is 0 Å². The number of imidazole rings is 1. The summed E-state index contributed by atoms with van der Waals surface area (Å²) in [4.78, 5) is 15.5. The zero-order chi connectivity index (χ0) is 40.2. The molecular formula is C52H68N2O3. The highest BCUT2D eigenvalue weighted by Gasteiger charge is 2.59. The first-order valence-electron chi connectivity index (χ1n) is 22.3. The second-order valence-corrected chi connectivity index (χ2v) is 19.2. The van der Waals surface area contributed by atoms with Gasteiger partial charge in [0.05, 0.1) is 24.5 Å². The third-order valence-electron chi connectivity index (χ3n) is 15.5. The van der Waals surface area contributed by atoms with Gasteiger partial charge in [-0.2, -0.15) is 0 Å². The second-order valence-electron chi connectivity index (χ2n) is 19.2. The van der Waals surface area contributed by atoms with Crippen LogP contribution in [0.2, 0.25) is 0 Å². The van der Waals surface area contributed by atoms with Crippen molar-refractivity contribution >= 4 is 5.97 Å². The normalized spacial score (nSPS) is 28.6. The standard InChI is InChI=1S/C27H46O.C25H22N2O2/c1-18(2)7-6-8-19(3)23-11-12-24-22-10-9-20-17-21(28)13-15-26(20,4)25(22)14-16-27(23,24)5;28-24(29)17-16-23-18-27(19-26-23)25(20-10-4-1-5-11-20,21-12-6-2-7-13-21)22-14-8-3-9-15-22/h9,18-19,21-25,28H,6-8,10-17H2,1-5H3;1-15,18-19H,16-17H2,(H,28,29)/t19?,21-,22?,23+,24?,25?,26-,27+;/m0./s1. The fraction of sp³-hybridized carbons (Fsp3) is 0.538. The van der Waals surface area contributed by atoms with Crippen LogP contribution in [0.3, 0.4) is 0 Å². The Morgan fingerprint density at radius 2 is 1.44 bits per heavy atom. The van der Waals surface area contributed by atoms with Gasteiger partial charge in [0.1, 0.15) is 5.54 Å². The van der Waals surface area contributed by atoms with Crippen LogP contribution in [0.15, 0.2) is 115 Å². The molecule has 0 radical (unpaired) electrons. The molecular weight excluding hydrogens is 701 g/mol. The maximum Gasteiger partial charge on any atom is 0.303 e. The molecule has 3 aromatic carbocycles. The number of hydrogen-bond acceptors (Lipinski definition) is 3. The molecule has 0 aliphatic heterocycles. The van der Waals surface area contributed by atoms with E-state index in [-0.39, 0.29) is 12.5 Å². The summed E-state index contributed by atoms with van der Waals surface area (Å²) >= 11 is 0. The first kappa shape index (κ1) is 41.2. The molecule has 8 atom stereocenters. The summed E-state index contributed by atoms with van der Waals surface area (Å²) in [6, 6.07) is 31.0. The van der Waals surface area contributed by atoms with Crippen LogP contribution in [0.5, 0.6) is 0 Å². The molecule has 4 unspecified atom stereocenters. The zero-order valence-corrected chi connectivity index (χ0v) is 35.3. The van der Waals surface area contributed by atoms with Gasteiger partial charge in [-0.15, -0.1) is 0 Å². The first-order valence-corrected chi connectivity index (χ1v) is 22.3. The predicted molar refractivity (Wildman–Crippen MR) is 232 cm³/mol. The smallest absolute Gasteiger partial charge is 0.303 e. The number of aliphatic hydroxyl groups excluding tert-OH is 1. The van der Waals surface area contributed by atoms with Crippen molar-refractivity contribution in [2.24, 2.45) is 46.3 Å². The van der Waals surface area contributed by atoms with E-state index in [1.807, 2.05) is 67.1 Å². The lowest BCUT2D eigenvalue weighted by Gasteiger charge is -2.58. The first-order chi connectivity index (χ1) is 27.5. The molecule has 5 nitrogen and oxygen atoms in total. The Hall–Kier alpha value is -3.96. The number of nitrogens with zero attached hydrogens (tertiary/aromatic N) is 2. The molecule has 0 bridgehead atoms. The van der Waals surface area contributed by atoms with Gasteiger partial charge in [-0.05, 0) is 114 Å². The highest BCUT2D eigenvalue weighted by Crippen LogP contribution is 2.67. The minimum Gasteiger partial charge on any atom is -0.481 e. The summed E-state index contributed by atoms with van der Waals surface area (Å²) in [5.41, 5.74) is 6.09. The Labute approximate surface area is 343 Å². The molecule has 8 rings (SSSR count). The van der Waals surface area contributed by atoms with Crippen LogP contribution >= 0.6 is 0 Å². The summed E-state index contributed by atoms with van der Waals surface area (Å²) in [6.45, 7) is 12.6. The minimum absolute atomic E-state index is 0.0615. The van der Waals surface area contributed by atoms with E-state index in [0.717, 1.165) is 70.7 Å². The van der Waals surface area contributed by atoms with Crippen molar-refractivity contribution < 1.29 is 15.0 Å². The molecule has 4 aliphatic rings. The van der Waals surface area contributed by atoms with Crippen LogP contribution in [0.1, 0.15) is 134 Å². The third kappa shape index (κ3) is 8.20. The lowest BCUT2D eigenvalue weighted by Crippen LogP contribution is -2.50. The number of allylic oxidation sites excluding steroid dienone is 1. The second kappa shape index (κ2) is 17.5. The van der Waals surface area contributed by atoms with E-state index in [1.54, 1.807) is 5.57 Å². The fourth-order valence-electron chi connectivity index (χ4n) is 12.6. The Morgan fingerprint density at radius 1 is 0.825 bits per heavy atom. The third-order valence-corrected chi connectivity index (χ3v) is 15.5. The SMILES string of the molecule is CC(C)CCCC(C)[C@H]1CCC2C3CC=C4C[C@@H](O)CC[C@]4(C)C3CC[C@@]21C.O=C(O)CCc1cn(C(c2ccccc2)(c2ccccc2)c2ccccc2)cn1. The number of aryl methyl sites for hydroxylation is 1. The summed E-state index contributed by atoms with van der Waals surface area (Å²) in [7, 11) is 0. The summed E-state index contributed by atoms with van der Waals surface area (Å²) in [6.07, 6.45) is 21.4. The average molecular weight is 769 g/mol. The van der Waals surface area contributed by atoms with Gasteiger partial charge >= 0.3 is 5.97 Å². The number of hydrogen-bond donors (Lipinski definition) is 2. The number of aromatic nitrogens is 2. The van der Waals surface area contributed by atoms with Crippen LogP contribution in [-0.4, -0.2) is 31.8 Å². The number of aliphatic carboxylic acids is 1. The van der Waals surface area contributed by atoms with E-state index >= 15 is 0 Å². The number of carbonyl (C=O) groups is 1. The number of carboxylic acids is 1. The molecule has 57 heavy (non-hydrogen) atoms. The van der Waals surface area contributed by atoms with Crippen molar-refractivity contribution in [3.63, 3.8) is 0 Å². The molecule has 2 N–H and O–H groups in total. The van der Waals surface area contributed by atoms with Crippen molar-refractivity contribution in [1.82, 2.24) is 9.55 Å². The summed E-state index contributed by atoms with van der Waals surface area (Å²) in [5, 5.41) is 19.3. The van der Waals surface area contributed by atoms with E-state index in [9.17, 15) is 9.90 Å². The molecule has 304 valence electrons. The number of fused-ring (bicyclic) bond motifs is 5. The highest BCUT2D eigenvalue weighted by molar-refractivity contribution is 5.67.